The molecule has 0 N–H and O–H groups in total. The van der Waals surface area contributed by atoms with Gasteiger partial charge in [0.2, 0.25) is 22.8 Å². The van der Waals surface area contributed by atoms with Gasteiger partial charge in [-0.2, -0.15) is 4.98 Å². The van der Waals surface area contributed by atoms with E-state index in [-0.39, 0.29) is 5.91 Å². The van der Waals surface area contributed by atoms with Crippen molar-refractivity contribution in [2.45, 2.75) is 49.4 Å². The zero-order valence-electron chi connectivity index (χ0n) is 15.9. The molecule has 1 aliphatic rings. The van der Waals surface area contributed by atoms with E-state index in [0.717, 1.165) is 34.9 Å². The number of carbonyl (C=O) groups is 1. The first kappa shape index (κ1) is 20.3. The molecule has 0 atom stereocenters. The molecule has 2 heterocycles. The van der Waals surface area contributed by atoms with E-state index in [1.165, 1.54) is 11.3 Å². The van der Waals surface area contributed by atoms with Crippen LogP contribution in [0.5, 0.6) is 0 Å². The Morgan fingerprint density at radius 3 is 2.83 bits per heavy atom. The largest absolute Gasteiger partial charge is 0.339 e. The van der Waals surface area contributed by atoms with Crippen molar-refractivity contribution in [1.29, 1.82) is 0 Å². The smallest absolute Gasteiger partial charge is 0.228 e. The van der Waals surface area contributed by atoms with Crippen molar-refractivity contribution in [3.8, 4) is 11.4 Å². The number of nitrogens with zero attached hydrogens (tertiary/aromatic N) is 5. The van der Waals surface area contributed by atoms with Gasteiger partial charge in [0.1, 0.15) is 0 Å². The van der Waals surface area contributed by atoms with Gasteiger partial charge in [0.25, 0.3) is 0 Å². The van der Waals surface area contributed by atoms with Crippen LogP contribution < -0.4 is 4.90 Å². The minimum atomic E-state index is 0.119. The molecule has 0 unspecified atom stereocenters. The fourth-order valence-electron chi connectivity index (χ4n) is 2.78. The molecule has 10 heteroatoms. The third kappa shape index (κ3) is 5.15. The van der Waals surface area contributed by atoms with Crippen molar-refractivity contribution in [3.05, 3.63) is 35.2 Å². The molecule has 0 spiro atoms. The Bertz CT molecular complexity index is 971. The van der Waals surface area contributed by atoms with Gasteiger partial charge >= 0.3 is 0 Å². The number of amides is 1. The number of anilines is 1. The van der Waals surface area contributed by atoms with Gasteiger partial charge in [0.15, 0.2) is 4.34 Å². The highest BCUT2D eigenvalue weighted by molar-refractivity contribution is 8.01. The molecule has 1 saturated carbocycles. The second kappa shape index (κ2) is 9.23. The van der Waals surface area contributed by atoms with Crippen molar-refractivity contribution in [2.75, 3.05) is 10.7 Å². The summed E-state index contributed by atoms with van der Waals surface area (Å²) in [5, 5.41) is 13.9. The van der Waals surface area contributed by atoms with Gasteiger partial charge in [0, 0.05) is 35.2 Å². The van der Waals surface area contributed by atoms with Gasteiger partial charge in [-0.15, -0.1) is 10.2 Å². The van der Waals surface area contributed by atoms with Crippen molar-refractivity contribution in [1.82, 2.24) is 20.3 Å². The summed E-state index contributed by atoms with van der Waals surface area (Å²) >= 11 is 9.03. The molecule has 0 radical (unpaired) electrons. The zero-order valence-corrected chi connectivity index (χ0v) is 18.3. The molecule has 4 rings (SSSR count). The first-order valence-corrected chi connectivity index (χ1v) is 11.7. The number of hydrogen-bond acceptors (Lipinski definition) is 8. The SMILES string of the molecule is CCC(=O)N(c1nnc(SCCCc2nc(-c3ccc(Cl)cc3)no2)s1)C1CC1. The number of aromatic nitrogens is 4. The summed E-state index contributed by atoms with van der Waals surface area (Å²) in [6, 6.07) is 7.65. The molecule has 1 aliphatic carbocycles. The Morgan fingerprint density at radius 2 is 2.10 bits per heavy atom. The van der Waals surface area contributed by atoms with Crippen LogP contribution >= 0.6 is 34.7 Å². The molecule has 29 heavy (non-hydrogen) atoms. The molecule has 7 nitrogen and oxygen atoms in total. The number of halogens is 1. The third-order valence-corrected chi connectivity index (χ3v) is 6.81. The molecule has 0 aliphatic heterocycles. The maximum absolute atomic E-state index is 12.2. The van der Waals surface area contributed by atoms with E-state index in [1.54, 1.807) is 23.9 Å². The minimum Gasteiger partial charge on any atom is -0.339 e. The molecule has 0 saturated heterocycles. The lowest BCUT2D eigenvalue weighted by atomic mass is 10.2. The molecule has 2 aromatic heterocycles. The number of hydrogen-bond donors (Lipinski definition) is 0. The predicted molar refractivity (Wildman–Crippen MR) is 114 cm³/mol. The number of aryl methyl sites for hydroxylation is 1. The summed E-state index contributed by atoms with van der Waals surface area (Å²) in [5.74, 6) is 2.16. The van der Waals surface area contributed by atoms with Gasteiger partial charge in [-0.1, -0.05) is 46.8 Å². The average Bonchev–Trinajstić information content (AvgIpc) is 3.25. The van der Waals surface area contributed by atoms with Crippen LogP contribution in [0.15, 0.2) is 33.1 Å². The Hall–Kier alpha value is -1.97. The lowest BCUT2D eigenvalue weighted by Gasteiger charge is -2.17. The van der Waals surface area contributed by atoms with E-state index in [1.807, 2.05) is 24.0 Å². The Morgan fingerprint density at radius 1 is 1.31 bits per heavy atom. The predicted octanol–water partition coefficient (Wildman–Crippen LogP) is 4.87. The van der Waals surface area contributed by atoms with E-state index in [2.05, 4.69) is 20.3 Å². The highest BCUT2D eigenvalue weighted by Crippen LogP contribution is 2.36. The zero-order chi connectivity index (χ0) is 20.2. The van der Waals surface area contributed by atoms with Crippen molar-refractivity contribution >= 4 is 45.7 Å². The fraction of sp³-hybridized carbons (Fsp3) is 0.421. The molecule has 1 aromatic carbocycles. The van der Waals surface area contributed by atoms with E-state index in [0.29, 0.717) is 40.8 Å². The summed E-state index contributed by atoms with van der Waals surface area (Å²) in [6.07, 6.45) is 4.16. The summed E-state index contributed by atoms with van der Waals surface area (Å²) < 4.78 is 6.21. The van der Waals surface area contributed by atoms with Crippen LogP contribution in [0, 0.1) is 0 Å². The van der Waals surface area contributed by atoms with Crippen molar-refractivity contribution in [3.63, 3.8) is 0 Å². The van der Waals surface area contributed by atoms with Crippen molar-refractivity contribution < 1.29 is 9.32 Å². The Labute approximate surface area is 181 Å². The van der Waals surface area contributed by atoms with E-state index in [4.69, 9.17) is 16.1 Å². The van der Waals surface area contributed by atoms with Crippen LogP contribution in [-0.4, -0.2) is 38.0 Å². The standard InChI is InChI=1S/C19H20ClN5O2S2/c1-2-16(26)25(14-9-10-14)18-22-23-19(29-18)28-11-3-4-15-21-17(24-27-15)12-5-7-13(20)8-6-12/h5-8,14H,2-4,9-11H2,1H3. The van der Waals surface area contributed by atoms with Crippen LogP contribution in [0.3, 0.4) is 0 Å². The monoisotopic (exact) mass is 449 g/mol. The summed E-state index contributed by atoms with van der Waals surface area (Å²) in [6.45, 7) is 1.88. The van der Waals surface area contributed by atoms with Crippen LogP contribution in [0.2, 0.25) is 5.02 Å². The Kier molecular flexibility index (Phi) is 6.46. The van der Waals surface area contributed by atoms with Gasteiger partial charge < -0.3 is 4.52 Å². The Balaban J connectivity index is 1.26. The highest BCUT2D eigenvalue weighted by Gasteiger charge is 2.35. The third-order valence-electron chi connectivity index (χ3n) is 4.42. The van der Waals surface area contributed by atoms with E-state index >= 15 is 0 Å². The van der Waals surface area contributed by atoms with Crippen LogP contribution in [0.4, 0.5) is 5.13 Å². The molecule has 1 fully saturated rings. The quantitative estimate of drug-likeness (QED) is 0.261. The first-order valence-electron chi connectivity index (χ1n) is 9.51. The van der Waals surface area contributed by atoms with E-state index < -0.39 is 0 Å². The van der Waals surface area contributed by atoms with Gasteiger partial charge in [0.05, 0.1) is 0 Å². The van der Waals surface area contributed by atoms with Crippen LogP contribution in [0.25, 0.3) is 11.4 Å². The topological polar surface area (TPSA) is 85.0 Å². The summed E-state index contributed by atoms with van der Waals surface area (Å²) in [4.78, 5) is 18.4. The lowest BCUT2D eigenvalue weighted by Crippen LogP contribution is -2.32. The van der Waals surface area contributed by atoms with Crippen molar-refractivity contribution in [2.24, 2.45) is 0 Å². The molecular formula is C19H20ClN5O2S2. The lowest BCUT2D eigenvalue weighted by molar-refractivity contribution is -0.118. The van der Waals surface area contributed by atoms with Crippen LogP contribution in [-0.2, 0) is 11.2 Å². The van der Waals surface area contributed by atoms with Gasteiger partial charge in [-0.3, -0.25) is 9.69 Å². The first-order chi connectivity index (χ1) is 14.1. The normalized spacial score (nSPS) is 13.6. The molecule has 152 valence electrons. The number of rotatable bonds is 9. The maximum Gasteiger partial charge on any atom is 0.228 e. The average molecular weight is 450 g/mol. The van der Waals surface area contributed by atoms with Gasteiger partial charge in [-0.05, 0) is 43.5 Å². The molecule has 3 aromatic rings. The number of carbonyl (C=O) groups excluding carboxylic acids is 1. The fourth-order valence-corrected chi connectivity index (χ4v) is 4.85. The summed E-state index contributed by atoms with van der Waals surface area (Å²) in [7, 11) is 0. The maximum atomic E-state index is 12.2. The van der Waals surface area contributed by atoms with Crippen LogP contribution in [0.1, 0.15) is 38.5 Å². The molecular weight excluding hydrogens is 430 g/mol. The molecule has 1 amide bonds. The van der Waals surface area contributed by atoms with E-state index in [9.17, 15) is 4.79 Å². The highest BCUT2D eigenvalue weighted by atomic mass is 35.5. The minimum absolute atomic E-state index is 0.119. The second-order valence-electron chi connectivity index (χ2n) is 6.67. The number of benzene rings is 1. The number of thioether (sulfide) groups is 1. The second-order valence-corrected chi connectivity index (χ2v) is 9.40. The molecule has 0 bridgehead atoms. The summed E-state index contributed by atoms with van der Waals surface area (Å²) in [5.41, 5.74) is 0.877. The van der Waals surface area contributed by atoms with Gasteiger partial charge in [-0.25, -0.2) is 0 Å².